The van der Waals surface area contributed by atoms with Crippen LogP contribution in [-0.4, -0.2) is 36.9 Å². The number of rotatable bonds is 14. The average Bonchev–Trinajstić information content (AvgIpc) is 2.89. The molecule has 2 aliphatic rings. The van der Waals surface area contributed by atoms with Crippen molar-refractivity contribution in [2.24, 2.45) is 29.1 Å². The zero-order valence-electron chi connectivity index (χ0n) is 22.6. The highest BCUT2D eigenvalue weighted by Gasteiger charge is 2.43. The first kappa shape index (κ1) is 29.6. The lowest BCUT2D eigenvalue weighted by Gasteiger charge is -2.45. The Hall–Kier alpha value is -1.62. The monoisotopic (exact) mass is 490 g/mol. The molecule has 0 saturated heterocycles. The van der Waals surface area contributed by atoms with Crippen LogP contribution in [0.2, 0.25) is 0 Å². The van der Waals surface area contributed by atoms with Gasteiger partial charge in [-0.1, -0.05) is 65.5 Å². The van der Waals surface area contributed by atoms with Gasteiger partial charge in [-0.25, -0.2) is 9.59 Å². The fourth-order valence-corrected chi connectivity index (χ4v) is 6.31. The summed E-state index contributed by atoms with van der Waals surface area (Å²) in [6.45, 7) is 13.2. The number of aliphatic hydroxyl groups excluding tert-OH is 1. The van der Waals surface area contributed by atoms with Crippen molar-refractivity contribution in [3.63, 3.8) is 0 Å². The van der Waals surface area contributed by atoms with Gasteiger partial charge in [-0.3, -0.25) is 0 Å². The number of hydrogen-bond acceptors (Lipinski definition) is 5. The molecule has 0 aliphatic heterocycles. The summed E-state index contributed by atoms with van der Waals surface area (Å²) < 4.78 is 11.2. The number of carbonyl (C=O) groups excluding carboxylic acids is 2. The first-order chi connectivity index (χ1) is 16.8. The summed E-state index contributed by atoms with van der Waals surface area (Å²) in [5.41, 5.74) is -0.0177. The molecule has 1 N–H and O–H groups in total. The van der Waals surface area contributed by atoms with Gasteiger partial charge >= 0.3 is 11.9 Å². The molecule has 5 heteroatoms. The first-order valence-electron chi connectivity index (χ1n) is 14.0. The zero-order valence-corrected chi connectivity index (χ0v) is 22.6. The van der Waals surface area contributed by atoms with Crippen molar-refractivity contribution in [1.29, 1.82) is 0 Å². The van der Waals surface area contributed by atoms with Crippen molar-refractivity contribution in [3.8, 4) is 0 Å². The second kappa shape index (κ2) is 14.8. The summed E-state index contributed by atoms with van der Waals surface area (Å²) in [7, 11) is 0. The second-order valence-electron chi connectivity index (χ2n) is 11.3. The van der Waals surface area contributed by atoms with Gasteiger partial charge < -0.3 is 14.6 Å². The normalized spacial score (nSPS) is 26.4. The third-order valence-corrected chi connectivity index (χ3v) is 8.93. The van der Waals surface area contributed by atoms with Gasteiger partial charge in [0.25, 0.3) is 0 Å². The molecule has 1 unspecified atom stereocenters. The molecule has 1 atom stereocenters. The fraction of sp³-hybridized carbons (Fsp3) is 0.800. The maximum atomic E-state index is 12.2. The summed E-state index contributed by atoms with van der Waals surface area (Å²) in [6.07, 6.45) is 16.3. The highest BCUT2D eigenvalue weighted by Crippen LogP contribution is 2.48. The molecule has 2 rings (SSSR count). The molecule has 5 nitrogen and oxygen atoms in total. The molecule has 35 heavy (non-hydrogen) atoms. The number of carbonyl (C=O) groups is 2. The Balaban J connectivity index is 1.97. The largest absolute Gasteiger partial charge is 0.462 e. The minimum absolute atomic E-state index is 0.0444. The van der Waals surface area contributed by atoms with Crippen LogP contribution in [0.4, 0.5) is 0 Å². The van der Waals surface area contributed by atoms with E-state index < -0.39 is 24.0 Å². The topological polar surface area (TPSA) is 72.8 Å². The predicted molar refractivity (Wildman–Crippen MR) is 141 cm³/mol. The molecule has 0 amide bonds. The van der Waals surface area contributed by atoms with Crippen molar-refractivity contribution in [1.82, 2.24) is 0 Å². The van der Waals surface area contributed by atoms with Crippen LogP contribution in [0.25, 0.3) is 0 Å². The van der Waals surface area contributed by atoms with Gasteiger partial charge in [-0.15, -0.1) is 0 Å². The van der Waals surface area contributed by atoms with E-state index >= 15 is 0 Å². The van der Waals surface area contributed by atoms with Crippen LogP contribution in [0.5, 0.6) is 0 Å². The maximum Gasteiger partial charge on any atom is 0.335 e. The molecule has 0 heterocycles. The molecule has 0 bridgehead atoms. The zero-order chi connectivity index (χ0) is 25.8. The number of hydrogen-bond donors (Lipinski definition) is 1. The Morgan fingerprint density at radius 3 is 1.89 bits per heavy atom. The number of aliphatic hydroxyl groups is 1. The fourth-order valence-electron chi connectivity index (χ4n) is 6.31. The molecular formula is C30H50O5. The molecule has 0 aromatic carbocycles. The predicted octanol–water partition coefficient (Wildman–Crippen LogP) is 6.79. The Morgan fingerprint density at radius 1 is 0.857 bits per heavy atom. The van der Waals surface area contributed by atoms with Crippen molar-refractivity contribution in [3.05, 3.63) is 24.3 Å². The molecule has 0 aromatic rings. The second-order valence-corrected chi connectivity index (χ2v) is 11.3. The van der Waals surface area contributed by atoms with Crippen molar-refractivity contribution in [2.75, 3.05) is 19.8 Å². The Labute approximate surface area is 213 Å². The molecule has 0 radical (unpaired) electrons. The molecular weight excluding hydrogens is 440 g/mol. The molecule has 0 aromatic heterocycles. The lowest BCUT2D eigenvalue weighted by molar-refractivity contribution is -0.154. The van der Waals surface area contributed by atoms with E-state index in [1.807, 2.05) is 0 Å². The lowest BCUT2D eigenvalue weighted by atomic mass is 9.62. The van der Waals surface area contributed by atoms with Gasteiger partial charge in [0.05, 0.1) is 12.2 Å². The number of esters is 2. The average molecular weight is 491 g/mol. The first-order valence-corrected chi connectivity index (χ1v) is 14.0. The van der Waals surface area contributed by atoms with E-state index in [4.69, 9.17) is 9.47 Å². The van der Waals surface area contributed by atoms with E-state index in [1.54, 1.807) is 6.92 Å². The van der Waals surface area contributed by atoms with Gasteiger partial charge in [0.15, 0.2) is 0 Å². The molecule has 2 saturated carbocycles. The number of unbranched alkanes of at least 4 members (excludes halogenated alkanes) is 2. The van der Waals surface area contributed by atoms with Crippen molar-refractivity contribution < 1.29 is 24.2 Å². The molecule has 2 fully saturated rings. The minimum Gasteiger partial charge on any atom is -0.462 e. The van der Waals surface area contributed by atoms with Gasteiger partial charge in [0.2, 0.25) is 0 Å². The van der Waals surface area contributed by atoms with E-state index in [0.29, 0.717) is 11.5 Å². The van der Waals surface area contributed by atoms with Crippen LogP contribution in [0.3, 0.4) is 0 Å². The van der Waals surface area contributed by atoms with Crippen LogP contribution >= 0.6 is 0 Å². The van der Waals surface area contributed by atoms with E-state index in [9.17, 15) is 14.7 Å². The van der Waals surface area contributed by atoms with E-state index in [0.717, 1.165) is 37.0 Å². The van der Waals surface area contributed by atoms with Crippen LogP contribution < -0.4 is 0 Å². The highest BCUT2D eigenvalue weighted by atomic mass is 16.5. The van der Waals surface area contributed by atoms with Crippen molar-refractivity contribution >= 4 is 11.9 Å². The van der Waals surface area contributed by atoms with Gasteiger partial charge in [-0.05, 0) is 75.5 Å². The summed E-state index contributed by atoms with van der Waals surface area (Å²) in [4.78, 5) is 24.4. The summed E-state index contributed by atoms with van der Waals surface area (Å²) in [6, 6.07) is 0. The van der Waals surface area contributed by atoms with Crippen LogP contribution in [-0.2, 0) is 19.1 Å². The van der Waals surface area contributed by atoms with Crippen LogP contribution in [0.15, 0.2) is 24.3 Å². The smallest absolute Gasteiger partial charge is 0.335 e. The quantitative estimate of drug-likeness (QED) is 0.165. The number of ether oxygens (including phenoxy) is 2. The van der Waals surface area contributed by atoms with Crippen LogP contribution in [0.1, 0.15) is 104 Å². The third kappa shape index (κ3) is 8.77. The van der Waals surface area contributed by atoms with Crippen LogP contribution in [0, 0.1) is 29.1 Å². The summed E-state index contributed by atoms with van der Waals surface area (Å²) in [5, 5.41) is 9.22. The molecule has 2 aliphatic carbocycles. The van der Waals surface area contributed by atoms with Crippen molar-refractivity contribution in [2.45, 2.75) is 104 Å². The van der Waals surface area contributed by atoms with E-state index in [1.165, 1.54) is 64.2 Å². The highest BCUT2D eigenvalue weighted by molar-refractivity contribution is 5.88. The Kier molecular flexibility index (Phi) is 12.5. The van der Waals surface area contributed by atoms with E-state index in [2.05, 4.69) is 27.0 Å². The van der Waals surface area contributed by atoms with Gasteiger partial charge in [0, 0.05) is 11.0 Å². The maximum absolute atomic E-state index is 12.2. The minimum atomic E-state index is -0.582. The third-order valence-electron chi connectivity index (χ3n) is 8.93. The summed E-state index contributed by atoms with van der Waals surface area (Å²) >= 11 is 0. The molecule has 200 valence electrons. The molecule has 0 spiro atoms. The Bertz CT molecular complexity index is 698. The van der Waals surface area contributed by atoms with E-state index in [-0.39, 0.29) is 18.8 Å². The Morgan fingerprint density at radius 2 is 1.40 bits per heavy atom. The van der Waals surface area contributed by atoms with Gasteiger partial charge in [0.1, 0.15) is 13.2 Å². The standard InChI is InChI=1S/C30H50O5/c1-6-8-9-10-24-11-13-25(14-12-24)26-15-17-27(18-16-26)30(7-2,20-34-28(32)22(3)4)21-35-29(33)23(5)19-31/h24-27,31H,3,5-21H2,1-2,4H3. The lowest BCUT2D eigenvalue weighted by Crippen LogP contribution is -2.43. The van der Waals surface area contributed by atoms with Gasteiger partial charge in [-0.2, -0.15) is 0 Å². The summed E-state index contributed by atoms with van der Waals surface area (Å²) in [5.74, 6) is 1.91. The SMILES string of the molecule is C=C(C)C(=O)OCC(CC)(COC(=O)C(=C)CO)C1CCC(C2CCC(CCCCC)CC2)CC1.